The molecule has 1 aliphatic carbocycles. The van der Waals surface area contributed by atoms with Crippen LogP contribution in [0.4, 0.5) is 0 Å². The van der Waals surface area contributed by atoms with Gasteiger partial charge < -0.3 is 9.30 Å². The lowest BCUT2D eigenvalue weighted by Crippen LogP contribution is -2.06. The van der Waals surface area contributed by atoms with Crippen LogP contribution < -0.4 is 4.74 Å². The van der Waals surface area contributed by atoms with Crippen molar-refractivity contribution in [2.45, 2.75) is 45.8 Å². The van der Waals surface area contributed by atoms with E-state index in [1.54, 1.807) is 0 Å². The predicted molar refractivity (Wildman–Crippen MR) is 136 cm³/mol. The summed E-state index contributed by atoms with van der Waals surface area (Å²) in [6.07, 6.45) is 4.26. The van der Waals surface area contributed by atoms with E-state index in [0.29, 0.717) is 24.9 Å². The van der Waals surface area contributed by atoms with Crippen LogP contribution in [-0.2, 0) is 13.2 Å². The highest BCUT2D eigenvalue weighted by atomic mass is 16.5. The zero-order chi connectivity index (χ0) is 24.2. The maximum atomic E-state index is 6.39. The van der Waals surface area contributed by atoms with Gasteiger partial charge in [0.05, 0.1) is 6.54 Å². The molecule has 0 bridgehead atoms. The molecular weight excluding hydrogens is 450 g/mol. The molecule has 1 fully saturated rings. The van der Waals surface area contributed by atoms with Crippen LogP contribution in [0.5, 0.6) is 5.75 Å². The Morgan fingerprint density at radius 2 is 2.00 bits per heavy atom. The van der Waals surface area contributed by atoms with Crippen LogP contribution in [0.15, 0.2) is 54.7 Å². The summed E-state index contributed by atoms with van der Waals surface area (Å²) in [6, 6.07) is 16.9. The fourth-order valence-corrected chi connectivity index (χ4v) is 5.17. The molecule has 2 aliphatic rings. The summed E-state index contributed by atoms with van der Waals surface area (Å²) < 4.78 is 8.68. The van der Waals surface area contributed by atoms with E-state index in [-0.39, 0.29) is 0 Å². The standard InChI is InChI=1S/C28H25N7O/c1-16-11-12-29-28-25(16)30-27(19-8-9-19)35(28)14-18-7-10-22-23(13-18)36-15-20-5-3-4-6-21(20)24(22)17(2)26-31-33-34-32-26/h3-7,10-13,19H,8-9,14-15H2,1-2H3,(H,31,32,33,34). The first-order valence-electron chi connectivity index (χ1n) is 12.3. The molecule has 178 valence electrons. The Morgan fingerprint density at radius 3 is 2.83 bits per heavy atom. The lowest BCUT2D eigenvalue weighted by Gasteiger charge is -2.15. The zero-order valence-electron chi connectivity index (χ0n) is 20.2. The average Bonchev–Trinajstić information content (AvgIpc) is 3.50. The van der Waals surface area contributed by atoms with Crippen molar-refractivity contribution in [3.05, 3.63) is 94.2 Å². The van der Waals surface area contributed by atoms with Crippen LogP contribution in [-0.4, -0.2) is 35.2 Å². The smallest absolute Gasteiger partial charge is 0.201 e. The molecular formula is C28H25N7O. The number of nitrogens with one attached hydrogen (secondary N) is 1. The van der Waals surface area contributed by atoms with Crippen LogP contribution in [0.3, 0.4) is 0 Å². The van der Waals surface area contributed by atoms with Gasteiger partial charge in [0.1, 0.15) is 23.7 Å². The van der Waals surface area contributed by atoms with Crippen molar-refractivity contribution >= 4 is 22.3 Å². The minimum absolute atomic E-state index is 0.498. The van der Waals surface area contributed by atoms with Crippen molar-refractivity contribution in [1.29, 1.82) is 0 Å². The molecule has 5 aromatic rings. The molecule has 8 nitrogen and oxygen atoms in total. The highest BCUT2D eigenvalue weighted by Crippen LogP contribution is 2.43. The second-order valence-electron chi connectivity index (χ2n) is 9.64. The molecule has 4 heterocycles. The summed E-state index contributed by atoms with van der Waals surface area (Å²) in [5.41, 5.74) is 9.57. The Bertz CT molecular complexity index is 1640. The number of aromatic amines is 1. The minimum Gasteiger partial charge on any atom is -0.488 e. The summed E-state index contributed by atoms with van der Waals surface area (Å²) in [5.74, 6) is 3.10. The molecule has 0 saturated heterocycles. The van der Waals surface area contributed by atoms with Gasteiger partial charge in [-0.05, 0) is 71.9 Å². The lowest BCUT2D eigenvalue weighted by molar-refractivity contribution is 0.307. The maximum absolute atomic E-state index is 6.39. The summed E-state index contributed by atoms with van der Waals surface area (Å²) >= 11 is 0. The number of allylic oxidation sites excluding steroid dienone is 1. The molecule has 0 radical (unpaired) electrons. The second-order valence-corrected chi connectivity index (χ2v) is 9.64. The number of hydrogen-bond donors (Lipinski definition) is 1. The molecule has 1 aliphatic heterocycles. The number of rotatable bonds is 4. The summed E-state index contributed by atoms with van der Waals surface area (Å²) in [4.78, 5) is 9.70. The van der Waals surface area contributed by atoms with Gasteiger partial charge in [0, 0.05) is 23.3 Å². The van der Waals surface area contributed by atoms with Crippen LogP contribution in [0.2, 0.25) is 0 Å². The van der Waals surface area contributed by atoms with E-state index in [0.717, 1.165) is 61.7 Å². The molecule has 8 heteroatoms. The second kappa shape index (κ2) is 8.12. The van der Waals surface area contributed by atoms with Gasteiger partial charge in [-0.1, -0.05) is 36.4 Å². The van der Waals surface area contributed by atoms with Gasteiger partial charge >= 0.3 is 0 Å². The van der Waals surface area contributed by atoms with E-state index in [4.69, 9.17) is 14.7 Å². The van der Waals surface area contributed by atoms with Crippen LogP contribution in [0, 0.1) is 6.92 Å². The third kappa shape index (κ3) is 3.40. The number of imidazole rings is 1. The average molecular weight is 476 g/mol. The first kappa shape index (κ1) is 21.0. The van der Waals surface area contributed by atoms with E-state index >= 15 is 0 Å². The van der Waals surface area contributed by atoms with Crippen molar-refractivity contribution in [3.63, 3.8) is 0 Å². The Labute approximate surface area is 208 Å². The number of fused-ring (bicyclic) bond motifs is 3. The predicted octanol–water partition coefficient (Wildman–Crippen LogP) is 5.05. The van der Waals surface area contributed by atoms with Crippen LogP contribution in [0.1, 0.15) is 65.1 Å². The van der Waals surface area contributed by atoms with Gasteiger partial charge in [-0.25, -0.2) is 9.97 Å². The molecule has 36 heavy (non-hydrogen) atoms. The van der Waals surface area contributed by atoms with Gasteiger partial charge in [0.2, 0.25) is 5.82 Å². The minimum atomic E-state index is 0.498. The van der Waals surface area contributed by atoms with Crippen molar-refractivity contribution < 1.29 is 4.74 Å². The van der Waals surface area contributed by atoms with Crippen LogP contribution in [0.25, 0.3) is 22.3 Å². The summed E-state index contributed by atoms with van der Waals surface area (Å²) in [7, 11) is 0. The van der Waals surface area contributed by atoms with Crippen molar-refractivity contribution in [3.8, 4) is 5.75 Å². The third-order valence-electron chi connectivity index (χ3n) is 7.19. The van der Waals surface area contributed by atoms with E-state index < -0.39 is 0 Å². The summed E-state index contributed by atoms with van der Waals surface area (Å²) in [6.45, 7) is 5.34. The first-order chi connectivity index (χ1) is 17.7. The third-order valence-corrected chi connectivity index (χ3v) is 7.19. The van der Waals surface area contributed by atoms with Crippen molar-refractivity contribution in [2.75, 3.05) is 0 Å². The van der Waals surface area contributed by atoms with Crippen molar-refractivity contribution in [1.82, 2.24) is 35.2 Å². The Kier molecular flexibility index (Phi) is 4.73. The fourth-order valence-electron chi connectivity index (χ4n) is 5.17. The monoisotopic (exact) mass is 475 g/mol. The maximum Gasteiger partial charge on any atom is 0.201 e. The number of ether oxygens (including phenoxy) is 1. The Morgan fingerprint density at radius 1 is 1.11 bits per heavy atom. The fraction of sp³-hybridized carbons (Fsp3) is 0.250. The zero-order valence-corrected chi connectivity index (χ0v) is 20.2. The van der Waals surface area contributed by atoms with Gasteiger partial charge in [-0.15, -0.1) is 10.2 Å². The molecule has 3 aromatic heterocycles. The molecule has 0 spiro atoms. The SMILES string of the molecule is CC(=C1c2ccccc2COc2cc(Cn3c(C4CC4)nc4c(C)ccnc43)ccc21)c1nn[nH]n1. The van der Waals surface area contributed by atoms with E-state index in [2.05, 4.69) is 68.5 Å². The molecule has 1 saturated carbocycles. The Balaban J connectivity index is 1.35. The molecule has 1 N–H and O–H groups in total. The van der Waals surface area contributed by atoms with E-state index in [9.17, 15) is 0 Å². The number of aryl methyl sites for hydroxylation is 1. The molecule has 7 rings (SSSR count). The number of H-pyrrole nitrogens is 1. The molecule has 2 aromatic carbocycles. The Hall–Kier alpha value is -4.33. The largest absolute Gasteiger partial charge is 0.488 e. The van der Waals surface area contributed by atoms with Gasteiger partial charge in [-0.2, -0.15) is 5.21 Å². The quantitative estimate of drug-likeness (QED) is 0.391. The highest BCUT2D eigenvalue weighted by Gasteiger charge is 2.30. The lowest BCUT2D eigenvalue weighted by atomic mass is 9.90. The number of nitrogens with zero attached hydrogens (tertiary/aromatic N) is 6. The van der Waals surface area contributed by atoms with E-state index in [1.807, 2.05) is 25.3 Å². The molecule has 0 atom stereocenters. The number of tetrazole rings is 1. The number of hydrogen-bond acceptors (Lipinski definition) is 6. The number of benzene rings is 2. The van der Waals surface area contributed by atoms with Gasteiger partial charge in [-0.3, -0.25) is 0 Å². The molecule has 0 amide bonds. The number of aromatic nitrogens is 7. The number of pyridine rings is 1. The summed E-state index contributed by atoms with van der Waals surface area (Å²) in [5, 5.41) is 14.8. The van der Waals surface area contributed by atoms with E-state index in [1.165, 1.54) is 12.8 Å². The normalized spacial score (nSPS) is 16.3. The van der Waals surface area contributed by atoms with Crippen LogP contribution >= 0.6 is 0 Å². The topological polar surface area (TPSA) is 94.4 Å². The first-order valence-corrected chi connectivity index (χ1v) is 12.3. The molecule has 0 unspecified atom stereocenters. The van der Waals surface area contributed by atoms with Gasteiger partial charge in [0.25, 0.3) is 0 Å². The van der Waals surface area contributed by atoms with Crippen molar-refractivity contribution in [2.24, 2.45) is 0 Å². The van der Waals surface area contributed by atoms with Gasteiger partial charge in [0.15, 0.2) is 5.65 Å². The highest BCUT2D eigenvalue weighted by molar-refractivity contribution is 5.99.